The molecule has 2 aromatic carbocycles. The summed E-state index contributed by atoms with van der Waals surface area (Å²) in [4.78, 5) is 23.9. The van der Waals surface area contributed by atoms with Gasteiger partial charge in [0.05, 0.1) is 19.6 Å². The van der Waals surface area contributed by atoms with Crippen molar-refractivity contribution in [2.24, 2.45) is 0 Å². The van der Waals surface area contributed by atoms with E-state index in [1.54, 1.807) is 31.2 Å². The largest absolute Gasteiger partial charge is 0.494 e. The highest BCUT2D eigenvalue weighted by atomic mass is 16.5. The van der Waals surface area contributed by atoms with Crippen LogP contribution in [-0.2, 0) is 9.59 Å². The van der Waals surface area contributed by atoms with E-state index in [2.05, 4.69) is 10.9 Å². The molecule has 0 aliphatic carbocycles. The lowest BCUT2D eigenvalue weighted by Crippen LogP contribution is -2.47. The number of hydrogen-bond acceptors (Lipinski definition) is 5. The molecule has 7 heteroatoms. The minimum atomic E-state index is -0.776. The van der Waals surface area contributed by atoms with Crippen LogP contribution in [0.1, 0.15) is 25.8 Å². The molecule has 0 unspecified atom stereocenters. The van der Waals surface area contributed by atoms with Gasteiger partial charge < -0.3 is 14.2 Å². The smallest absolute Gasteiger partial charge is 0.279 e. The van der Waals surface area contributed by atoms with Crippen LogP contribution in [0.2, 0.25) is 0 Å². The lowest BCUT2D eigenvalue weighted by molar-refractivity contribution is -0.132. The SMILES string of the molecule is CCOc1ccc(O[C@H](C)C(=O)NNC(=O)CCOc2cccc(C)c2)cc1. The quantitative estimate of drug-likeness (QED) is 0.647. The van der Waals surface area contributed by atoms with Crippen molar-refractivity contribution in [2.45, 2.75) is 33.3 Å². The molecular weight excluding hydrogens is 360 g/mol. The van der Waals surface area contributed by atoms with E-state index in [9.17, 15) is 9.59 Å². The normalized spacial score (nSPS) is 11.2. The maximum atomic E-state index is 12.0. The second kappa shape index (κ2) is 10.8. The van der Waals surface area contributed by atoms with Gasteiger partial charge in [0.25, 0.3) is 5.91 Å². The second-order valence-corrected chi connectivity index (χ2v) is 6.12. The Bertz CT molecular complexity index is 777. The van der Waals surface area contributed by atoms with Crippen LogP contribution in [0.4, 0.5) is 0 Å². The molecule has 2 N–H and O–H groups in total. The lowest BCUT2D eigenvalue weighted by Gasteiger charge is -2.15. The fraction of sp³-hybridized carbons (Fsp3) is 0.333. The summed E-state index contributed by atoms with van der Waals surface area (Å²) in [6, 6.07) is 14.5. The van der Waals surface area contributed by atoms with Crippen LogP contribution in [-0.4, -0.2) is 31.1 Å². The van der Waals surface area contributed by atoms with Crippen molar-refractivity contribution in [1.82, 2.24) is 10.9 Å². The van der Waals surface area contributed by atoms with Crippen molar-refractivity contribution in [1.29, 1.82) is 0 Å². The number of amides is 2. The van der Waals surface area contributed by atoms with E-state index in [-0.39, 0.29) is 18.9 Å². The van der Waals surface area contributed by atoms with Crippen LogP contribution < -0.4 is 25.1 Å². The number of benzene rings is 2. The van der Waals surface area contributed by atoms with Gasteiger partial charge in [-0.15, -0.1) is 0 Å². The van der Waals surface area contributed by atoms with Crippen molar-refractivity contribution in [3.05, 3.63) is 54.1 Å². The highest BCUT2D eigenvalue weighted by molar-refractivity contribution is 5.84. The summed E-state index contributed by atoms with van der Waals surface area (Å²) in [6.07, 6.45) is -0.663. The maximum Gasteiger partial charge on any atom is 0.279 e. The van der Waals surface area contributed by atoms with E-state index in [0.29, 0.717) is 18.1 Å². The molecule has 1 atom stereocenters. The van der Waals surface area contributed by atoms with Gasteiger partial charge in [0.2, 0.25) is 5.91 Å². The van der Waals surface area contributed by atoms with E-state index in [1.807, 2.05) is 38.1 Å². The Morgan fingerprint density at radius 1 is 0.964 bits per heavy atom. The van der Waals surface area contributed by atoms with Crippen LogP contribution >= 0.6 is 0 Å². The van der Waals surface area contributed by atoms with E-state index in [4.69, 9.17) is 14.2 Å². The number of hydrazine groups is 1. The van der Waals surface area contributed by atoms with Gasteiger partial charge in [-0.3, -0.25) is 20.4 Å². The van der Waals surface area contributed by atoms with Gasteiger partial charge in [-0.2, -0.15) is 0 Å². The Hall–Kier alpha value is -3.22. The summed E-state index contributed by atoms with van der Waals surface area (Å²) in [7, 11) is 0. The fourth-order valence-electron chi connectivity index (χ4n) is 2.30. The number of hydrogen-bond donors (Lipinski definition) is 2. The topological polar surface area (TPSA) is 85.9 Å². The summed E-state index contributed by atoms with van der Waals surface area (Å²) in [5, 5.41) is 0. The van der Waals surface area contributed by atoms with Gasteiger partial charge in [0.15, 0.2) is 6.10 Å². The van der Waals surface area contributed by atoms with Crippen molar-refractivity contribution < 1.29 is 23.8 Å². The van der Waals surface area contributed by atoms with E-state index >= 15 is 0 Å². The number of carbonyl (C=O) groups excluding carboxylic acids is 2. The molecule has 0 bridgehead atoms. The second-order valence-electron chi connectivity index (χ2n) is 6.12. The molecular formula is C21H26N2O5. The van der Waals surface area contributed by atoms with Crippen LogP contribution in [0.5, 0.6) is 17.2 Å². The van der Waals surface area contributed by atoms with Crippen LogP contribution in [0, 0.1) is 6.92 Å². The number of rotatable bonds is 9. The molecule has 0 radical (unpaired) electrons. The molecule has 2 amide bonds. The Morgan fingerprint density at radius 2 is 1.68 bits per heavy atom. The lowest BCUT2D eigenvalue weighted by atomic mass is 10.2. The monoisotopic (exact) mass is 386 g/mol. The molecule has 150 valence electrons. The summed E-state index contributed by atoms with van der Waals surface area (Å²) in [6.45, 7) is 6.25. The zero-order chi connectivity index (χ0) is 20.4. The molecule has 0 aliphatic rings. The Labute approximate surface area is 165 Å². The minimum Gasteiger partial charge on any atom is -0.494 e. The molecule has 2 rings (SSSR count). The highest BCUT2D eigenvalue weighted by Crippen LogP contribution is 2.18. The first-order chi connectivity index (χ1) is 13.5. The number of ether oxygens (including phenoxy) is 3. The Kier molecular flexibility index (Phi) is 8.14. The first-order valence-electron chi connectivity index (χ1n) is 9.15. The van der Waals surface area contributed by atoms with Gasteiger partial charge in [-0.1, -0.05) is 12.1 Å². The van der Waals surface area contributed by atoms with Crippen molar-refractivity contribution >= 4 is 11.8 Å². The predicted octanol–water partition coefficient (Wildman–Crippen LogP) is 2.78. The van der Waals surface area contributed by atoms with Crippen LogP contribution in [0.15, 0.2) is 48.5 Å². The average molecular weight is 386 g/mol. The van der Waals surface area contributed by atoms with E-state index < -0.39 is 12.0 Å². The number of carbonyl (C=O) groups is 2. The van der Waals surface area contributed by atoms with E-state index in [1.165, 1.54) is 0 Å². The Balaban J connectivity index is 1.67. The van der Waals surface area contributed by atoms with Gasteiger partial charge in [-0.05, 0) is 62.7 Å². The molecule has 2 aromatic rings. The molecule has 0 aromatic heterocycles. The third-order valence-corrected chi connectivity index (χ3v) is 3.73. The van der Waals surface area contributed by atoms with Gasteiger partial charge in [-0.25, -0.2) is 0 Å². The van der Waals surface area contributed by atoms with E-state index in [0.717, 1.165) is 11.3 Å². The average Bonchev–Trinajstić information content (AvgIpc) is 2.68. The molecule has 28 heavy (non-hydrogen) atoms. The van der Waals surface area contributed by atoms with Gasteiger partial charge in [0.1, 0.15) is 17.2 Å². The van der Waals surface area contributed by atoms with Crippen molar-refractivity contribution in [3.8, 4) is 17.2 Å². The highest BCUT2D eigenvalue weighted by Gasteiger charge is 2.15. The predicted molar refractivity (Wildman–Crippen MR) is 105 cm³/mol. The summed E-state index contributed by atoms with van der Waals surface area (Å²) in [5.41, 5.74) is 5.78. The molecule has 0 saturated heterocycles. The van der Waals surface area contributed by atoms with Gasteiger partial charge in [0, 0.05) is 0 Å². The van der Waals surface area contributed by atoms with Crippen molar-refractivity contribution in [2.75, 3.05) is 13.2 Å². The summed E-state index contributed by atoms with van der Waals surface area (Å²) < 4.78 is 16.4. The fourth-order valence-corrected chi connectivity index (χ4v) is 2.30. The third kappa shape index (κ3) is 7.19. The van der Waals surface area contributed by atoms with Crippen molar-refractivity contribution in [3.63, 3.8) is 0 Å². The van der Waals surface area contributed by atoms with Crippen LogP contribution in [0.25, 0.3) is 0 Å². The number of aryl methyl sites for hydroxylation is 1. The van der Waals surface area contributed by atoms with Crippen LogP contribution in [0.3, 0.4) is 0 Å². The summed E-state index contributed by atoms with van der Waals surface area (Å²) >= 11 is 0. The minimum absolute atomic E-state index is 0.113. The molecule has 0 spiro atoms. The standard InChI is InChI=1S/C21H26N2O5/c1-4-26-17-8-10-18(11-9-17)28-16(3)21(25)23-22-20(24)12-13-27-19-7-5-6-15(2)14-19/h5-11,14,16H,4,12-13H2,1-3H3,(H,22,24)(H,23,25)/t16-/m1/s1. The van der Waals surface area contributed by atoms with Gasteiger partial charge >= 0.3 is 0 Å². The molecule has 0 heterocycles. The first kappa shape index (κ1) is 21.1. The first-order valence-corrected chi connectivity index (χ1v) is 9.15. The molecule has 0 aliphatic heterocycles. The molecule has 0 fully saturated rings. The molecule has 7 nitrogen and oxygen atoms in total. The summed E-state index contributed by atoms with van der Waals surface area (Å²) in [5.74, 6) is 1.15. The number of nitrogens with one attached hydrogen (secondary N) is 2. The third-order valence-electron chi connectivity index (χ3n) is 3.73. The molecule has 0 saturated carbocycles. The maximum absolute atomic E-state index is 12.0. The zero-order valence-corrected chi connectivity index (χ0v) is 16.4. The Morgan fingerprint density at radius 3 is 2.36 bits per heavy atom. The zero-order valence-electron chi connectivity index (χ0n) is 16.4.